The predicted octanol–water partition coefficient (Wildman–Crippen LogP) is 5.78. The average Bonchev–Trinajstić information content (AvgIpc) is 3.08. The zero-order valence-corrected chi connectivity index (χ0v) is 15.0. The Morgan fingerprint density at radius 2 is 1.73 bits per heavy atom. The van der Waals surface area contributed by atoms with Crippen LogP contribution < -0.4 is 10.8 Å². The highest BCUT2D eigenvalue weighted by Crippen LogP contribution is 2.26. The fourth-order valence-corrected chi connectivity index (χ4v) is 3.92. The average molecular weight is 378 g/mol. The number of para-hydroxylation sites is 2. The van der Waals surface area contributed by atoms with Gasteiger partial charge in [0.15, 0.2) is 0 Å². The van der Waals surface area contributed by atoms with Crippen LogP contribution in [-0.2, 0) is 0 Å². The lowest BCUT2D eigenvalue weighted by Gasteiger charge is -2.04. The Bertz CT molecular complexity index is 1310. The van der Waals surface area contributed by atoms with Crippen LogP contribution in [0.3, 0.4) is 0 Å². The monoisotopic (exact) mass is 377 g/mol. The van der Waals surface area contributed by atoms with Crippen molar-refractivity contribution in [2.45, 2.75) is 0 Å². The Hall–Kier alpha value is -2.89. The number of anilines is 1. The second kappa shape index (κ2) is 6.12. The summed E-state index contributed by atoms with van der Waals surface area (Å²) in [6.45, 7) is 0. The summed E-state index contributed by atoms with van der Waals surface area (Å²) >= 11 is 7.76. The Balaban J connectivity index is 1.74. The molecule has 2 aromatic heterocycles. The topological polar surface area (TPSA) is 50.4 Å². The van der Waals surface area contributed by atoms with E-state index in [0.717, 1.165) is 42.6 Å². The first-order valence-corrected chi connectivity index (χ1v) is 9.24. The molecule has 126 valence electrons. The molecule has 0 spiro atoms. The van der Waals surface area contributed by atoms with E-state index in [1.807, 2.05) is 66.7 Å². The molecule has 5 rings (SSSR count). The van der Waals surface area contributed by atoms with Crippen LogP contribution in [0.15, 0.2) is 76.2 Å². The third kappa shape index (κ3) is 2.62. The molecule has 0 aliphatic carbocycles. The maximum Gasteiger partial charge on any atom is 0.204 e. The standard InChI is InChI=1S/C20H12ClN3OS/c21-12-9-10-17-14(11-12)19(13-5-1-3-7-16(13)25-17)23-24-20-22-15-6-2-4-8-18(15)26-20/h1-11H,(H,22,24)/b23-19-. The maximum absolute atomic E-state index is 6.20. The van der Waals surface area contributed by atoms with Crippen LogP contribution in [0, 0.1) is 0 Å². The molecule has 5 aromatic rings. The Morgan fingerprint density at radius 3 is 2.65 bits per heavy atom. The highest BCUT2D eigenvalue weighted by Gasteiger charge is 2.07. The van der Waals surface area contributed by atoms with Gasteiger partial charge in [0.25, 0.3) is 0 Å². The first kappa shape index (κ1) is 15.4. The van der Waals surface area contributed by atoms with E-state index in [0.29, 0.717) is 5.02 Å². The molecular weight excluding hydrogens is 366 g/mol. The molecule has 4 nitrogen and oxygen atoms in total. The smallest absolute Gasteiger partial charge is 0.204 e. The van der Waals surface area contributed by atoms with Gasteiger partial charge in [-0.2, -0.15) is 5.10 Å². The molecule has 0 bridgehead atoms. The molecule has 0 saturated heterocycles. The largest absolute Gasteiger partial charge is 0.456 e. The fraction of sp³-hybridized carbons (Fsp3) is 0. The van der Waals surface area contributed by atoms with Gasteiger partial charge < -0.3 is 4.42 Å². The zero-order valence-electron chi connectivity index (χ0n) is 13.4. The van der Waals surface area contributed by atoms with Gasteiger partial charge in [0.2, 0.25) is 5.13 Å². The summed E-state index contributed by atoms with van der Waals surface area (Å²) in [7, 11) is 0. The molecule has 26 heavy (non-hydrogen) atoms. The molecule has 0 saturated carbocycles. The lowest BCUT2D eigenvalue weighted by Crippen LogP contribution is -2.08. The van der Waals surface area contributed by atoms with Crippen LogP contribution in [0.5, 0.6) is 0 Å². The highest BCUT2D eigenvalue weighted by molar-refractivity contribution is 7.22. The van der Waals surface area contributed by atoms with Crippen LogP contribution in [0.2, 0.25) is 5.02 Å². The Labute approximate surface area is 157 Å². The molecule has 3 aromatic carbocycles. The number of benzene rings is 3. The van der Waals surface area contributed by atoms with Crippen LogP contribution >= 0.6 is 22.9 Å². The van der Waals surface area contributed by atoms with Gasteiger partial charge in [0, 0.05) is 15.8 Å². The van der Waals surface area contributed by atoms with E-state index in [1.165, 1.54) is 0 Å². The van der Waals surface area contributed by atoms with Gasteiger partial charge in [-0.25, -0.2) is 4.98 Å². The van der Waals surface area contributed by atoms with Crippen LogP contribution in [0.4, 0.5) is 5.13 Å². The van der Waals surface area contributed by atoms with Crippen molar-refractivity contribution in [1.29, 1.82) is 0 Å². The molecule has 0 atom stereocenters. The summed E-state index contributed by atoms with van der Waals surface area (Å²) < 4.78 is 7.10. The van der Waals surface area contributed by atoms with E-state index in [9.17, 15) is 0 Å². The lowest BCUT2D eigenvalue weighted by atomic mass is 10.1. The summed E-state index contributed by atoms with van der Waals surface area (Å²) in [5.74, 6) is 0. The molecule has 0 fully saturated rings. The predicted molar refractivity (Wildman–Crippen MR) is 108 cm³/mol. The molecule has 2 heterocycles. The molecule has 6 heteroatoms. The molecule has 0 unspecified atom stereocenters. The van der Waals surface area contributed by atoms with E-state index >= 15 is 0 Å². The second-order valence-corrected chi connectivity index (χ2v) is 7.26. The maximum atomic E-state index is 6.20. The number of rotatable bonds is 2. The van der Waals surface area contributed by atoms with E-state index in [2.05, 4.69) is 15.5 Å². The van der Waals surface area contributed by atoms with Crippen molar-refractivity contribution in [3.63, 3.8) is 0 Å². The number of halogens is 1. The fourth-order valence-electron chi connectivity index (χ4n) is 2.94. The van der Waals surface area contributed by atoms with Gasteiger partial charge in [-0.3, -0.25) is 5.43 Å². The lowest BCUT2D eigenvalue weighted by molar-refractivity contribution is 0.659. The third-order valence-electron chi connectivity index (χ3n) is 4.12. The summed E-state index contributed by atoms with van der Waals surface area (Å²) in [5.41, 5.74) is 5.56. The zero-order chi connectivity index (χ0) is 17.5. The van der Waals surface area contributed by atoms with Crippen molar-refractivity contribution in [2.24, 2.45) is 5.10 Å². The number of nitrogens with zero attached hydrogens (tertiary/aromatic N) is 2. The van der Waals surface area contributed by atoms with E-state index in [1.54, 1.807) is 11.3 Å². The molecular formula is C20H12ClN3OS. The van der Waals surface area contributed by atoms with Gasteiger partial charge in [-0.1, -0.05) is 47.2 Å². The van der Waals surface area contributed by atoms with Gasteiger partial charge in [-0.15, -0.1) is 0 Å². The molecule has 0 amide bonds. The minimum absolute atomic E-state index is 0.638. The van der Waals surface area contributed by atoms with Gasteiger partial charge in [0.1, 0.15) is 16.5 Å². The van der Waals surface area contributed by atoms with Crippen LogP contribution in [0.25, 0.3) is 32.2 Å². The molecule has 0 aliphatic heterocycles. The minimum atomic E-state index is 0.638. The van der Waals surface area contributed by atoms with Crippen molar-refractivity contribution in [3.05, 3.63) is 77.1 Å². The van der Waals surface area contributed by atoms with E-state index in [4.69, 9.17) is 16.0 Å². The quantitative estimate of drug-likeness (QED) is 0.313. The Kier molecular flexibility index (Phi) is 3.62. The summed E-state index contributed by atoms with van der Waals surface area (Å²) in [5, 5.41) is 8.57. The normalized spacial score (nSPS) is 12.3. The number of nitrogens with one attached hydrogen (secondary N) is 1. The Morgan fingerprint density at radius 1 is 0.923 bits per heavy atom. The summed E-state index contributed by atoms with van der Waals surface area (Å²) in [4.78, 5) is 4.57. The first-order chi connectivity index (χ1) is 12.8. The highest BCUT2D eigenvalue weighted by atomic mass is 35.5. The van der Waals surface area contributed by atoms with Gasteiger partial charge in [0.05, 0.1) is 10.2 Å². The third-order valence-corrected chi connectivity index (χ3v) is 5.29. The van der Waals surface area contributed by atoms with Crippen molar-refractivity contribution in [1.82, 2.24) is 4.98 Å². The number of thiazole rings is 1. The van der Waals surface area contributed by atoms with Crippen molar-refractivity contribution >= 4 is 60.2 Å². The van der Waals surface area contributed by atoms with Crippen LogP contribution in [-0.4, -0.2) is 4.98 Å². The van der Waals surface area contributed by atoms with Crippen molar-refractivity contribution in [2.75, 3.05) is 5.43 Å². The van der Waals surface area contributed by atoms with Crippen molar-refractivity contribution in [3.8, 4) is 0 Å². The second-order valence-electron chi connectivity index (χ2n) is 5.80. The van der Waals surface area contributed by atoms with Crippen LogP contribution in [0.1, 0.15) is 0 Å². The summed E-state index contributed by atoms with van der Waals surface area (Å²) in [6.07, 6.45) is 0. The molecule has 1 N–H and O–H groups in total. The van der Waals surface area contributed by atoms with E-state index < -0.39 is 0 Å². The summed E-state index contributed by atoms with van der Waals surface area (Å²) in [6, 6.07) is 21.4. The first-order valence-electron chi connectivity index (χ1n) is 8.04. The molecule has 0 aliphatic rings. The molecule has 0 radical (unpaired) electrons. The number of fused-ring (bicyclic) bond motifs is 3. The number of hydrogen-bond donors (Lipinski definition) is 1. The number of aromatic nitrogens is 1. The SMILES string of the molecule is Clc1ccc2oc3ccccc3/c(=N/Nc3nc4ccccc4s3)c2c1. The van der Waals surface area contributed by atoms with Crippen molar-refractivity contribution < 1.29 is 4.42 Å². The van der Waals surface area contributed by atoms with Gasteiger partial charge in [-0.05, 0) is 42.5 Å². The van der Waals surface area contributed by atoms with Gasteiger partial charge >= 0.3 is 0 Å². The number of hydrogen-bond acceptors (Lipinski definition) is 5. The van der Waals surface area contributed by atoms with E-state index in [-0.39, 0.29) is 0 Å². The minimum Gasteiger partial charge on any atom is -0.456 e.